The van der Waals surface area contributed by atoms with Crippen molar-refractivity contribution in [1.82, 2.24) is 14.8 Å². The maximum Gasteiger partial charge on any atom is 0.354 e. The van der Waals surface area contributed by atoms with Crippen LogP contribution >= 0.6 is 0 Å². The number of carboxylic acids is 1. The third kappa shape index (κ3) is 3.33. The molecule has 2 heterocycles. The summed E-state index contributed by atoms with van der Waals surface area (Å²) in [4.78, 5) is 31.0. The third-order valence-electron chi connectivity index (χ3n) is 3.43. The molecular formula is C14H19N3O3. The summed E-state index contributed by atoms with van der Waals surface area (Å²) in [6, 6.07) is 2.90. The Balaban J connectivity index is 2.02. The lowest BCUT2D eigenvalue weighted by atomic mass is 10.2. The number of aromatic nitrogens is 1. The number of amides is 1. The van der Waals surface area contributed by atoms with E-state index in [4.69, 9.17) is 5.11 Å². The van der Waals surface area contributed by atoms with Crippen molar-refractivity contribution in [2.75, 3.05) is 32.7 Å². The summed E-state index contributed by atoms with van der Waals surface area (Å²) in [6.07, 6.45) is 2.48. The van der Waals surface area contributed by atoms with E-state index in [0.29, 0.717) is 18.7 Å². The first-order chi connectivity index (χ1) is 9.61. The molecule has 0 aromatic carbocycles. The fourth-order valence-electron chi connectivity index (χ4n) is 2.35. The number of aromatic carboxylic acids is 1. The molecule has 1 amide bonds. The number of piperazine rings is 1. The van der Waals surface area contributed by atoms with Gasteiger partial charge in [-0.1, -0.05) is 6.92 Å². The van der Waals surface area contributed by atoms with E-state index in [9.17, 15) is 9.59 Å². The van der Waals surface area contributed by atoms with Gasteiger partial charge >= 0.3 is 5.97 Å². The van der Waals surface area contributed by atoms with Gasteiger partial charge in [0, 0.05) is 37.9 Å². The van der Waals surface area contributed by atoms with Gasteiger partial charge in [-0.25, -0.2) is 9.78 Å². The highest BCUT2D eigenvalue weighted by molar-refractivity contribution is 5.96. The number of carbonyl (C=O) groups excluding carboxylic acids is 1. The predicted molar refractivity (Wildman–Crippen MR) is 73.8 cm³/mol. The largest absolute Gasteiger partial charge is 0.477 e. The van der Waals surface area contributed by atoms with Gasteiger partial charge in [0.05, 0.1) is 0 Å². The number of hydrogen-bond donors (Lipinski definition) is 1. The minimum atomic E-state index is -1.12. The van der Waals surface area contributed by atoms with E-state index in [2.05, 4.69) is 16.8 Å². The van der Waals surface area contributed by atoms with Crippen LogP contribution in [-0.4, -0.2) is 64.5 Å². The summed E-state index contributed by atoms with van der Waals surface area (Å²) in [5.74, 6) is -1.24. The molecule has 0 spiro atoms. The number of hydrogen-bond acceptors (Lipinski definition) is 4. The second kappa shape index (κ2) is 6.47. The zero-order valence-corrected chi connectivity index (χ0v) is 11.6. The molecule has 2 rings (SSSR count). The fraction of sp³-hybridized carbons (Fsp3) is 0.500. The predicted octanol–water partition coefficient (Wildman–Crippen LogP) is 0.948. The van der Waals surface area contributed by atoms with Gasteiger partial charge in [0.25, 0.3) is 5.91 Å². The van der Waals surface area contributed by atoms with Crippen LogP contribution in [0, 0.1) is 0 Å². The van der Waals surface area contributed by atoms with Gasteiger partial charge in [0.15, 0.2) is 0 Å². The van der Waals surface area contributed by atoms with Crippen molar-refractivity contribution in [2.45, 2.75) is 13.3 Å². The van der Waals surface area contributed by atoms with Gasteiger partial charge in [0.1, 0.15) is 5.69 Å². The summed E-state index contributed by atoms with van der Waals surface area (Å²) >= 11 is 0. The van der Waals surface area contributed by atoms with Crippen LogP contribution in [0.25, 0.3) is 0 Å². The van der Waals surface area contributed by atoms with Gasteiger partial charge in [-0.2, -0.15) is 0 Å². The minimum Gasteiger partial charge on any atom is -0.477 e. The minimum absolute atomic E-state index is 0.0968. The first-order valence-electron chi connectivity index (χ1n) is 6.82. The van der Waals surface area contributed by atoms with E-state index in [1.807, 2.05) is 0 Å². The second-order valence-corrected chi connectivity index (χ2v) is 4.87. The second-order valence-electron chi connectivity index (χ2n) is 4.87. The lowest BCUT2D eigenvalue weighted by Gasteiger charge is -2.34. The summed E-state index contributed by atoms with van der Waals surface area (Å²) in [6.45, 7) is 6.31. The van der Waals surface area contributed by atoms with Crippen molar-refractivity contribution in [3.63, 3.8) is 0 Å². The lowest BCUT2D eigenvalue weighted by Crippen LogP contribution is -2.48. The number of carbonyl (C=O) groups is 2. The molecule has 20 heavy (non-hydrogen) atoms. The van der Waals surface area contributed by atoms with E-state index in [-0.39, 0.29) is 11.6 Å². The van der Waals surface area contributed by atoms with Gasteiger partial charge in [-0.05, 0) is 25.1 Å². The van der Waals surface area contributed by atoms with Crippen molar-refractivity contribution in [3.8, 4) is 0 Å². The number of carboxylic acid groups (broad SMARTS) is 1. The molecule has 1 aromatic rings. The Kier molecular flexibility index (Phi) is 4.68. The molecule has 0 atom stereocenters. The van der Waals surface area contributed by atoms with Crippen LogP contribution in [0.2, 0.25) is 0 Å². The summed E-state index contributed by atoms with van der Waals surface area (Å²) in [7, 11) is 0. The molecule has 0 radical (unpaired) electrons. The standard InChI is InChI=1S/C14H19N3O3/c1-2-5-16-6-8-17(9-7-16)13(18)11-3-4-15-12(10-11)14(19)20/h3-4,10H,2,5-9H2,1H3,(H,19,20). The molecular weight excluding hydrogens is 258 g/mol. The Hall–Kier alpha value is -1.95. The van der Waals surface area contributed by atoms with Crippen LogP contribution in [0.4, 0.5) is 0 Å². The topological polar surface area (TPSA) is 73.7 Å². The van der Waals surface area contributed by atoms with Crippen LogP contribution in [-0.2, 0) is 0 Å². The molecule has 1 saturated heterocycles. The average Bonchev–Trinajstić information content (AvgIpc) is 2.48. The highest BCUT2D eigenvalue weighted by Crippen LogP contribution is 2.10. The van der Waals surface area contributed by atoms with Crippen molar-refractivity contribution in [1.29, 1.82) is 0 Å². The van der Waals surface area contributed by atoms with Crippen LogP contribution in [0.3, 0.4) is 0 Å². The van der Waals surface area contributed by atoms with Crippen LogP contribution in [0.5, 0.6) is 0 Å². The highest BCUT2D eigenvalue weighted by Gasteiger charge is 2.22. The average molecular weight is 277 g/mol. The zero-order valence-electron chi connectivity index (χ0n) is 11.6. The first kappa shape index (κ1) is 14.5. The lowest BCUT2D eigenvalue weighted by molar-refractivity contribution is 0.0637. The molecule has 1 N–H and O–H groups in total. The number of rotatable bonds is 4. The van der Waals surface area contributed by atoms with Crippen molar-refractivity contribution >= 4 is 11.9 Å². The van der Waals surface area contributed by atoms with E-state index in [0.717, 1.165) is 26.1 Å². The fourth-order valence-corrected chi connectivity index (χ4v) is 2.35. The Labute approximate surface area is 118 Å². The van der Waals surface area contributed by atoms with Crippen molar-refractivity contribution in [2.24, 2.45) is 0 Å². The molecule has 0 aliphatic carbocycles. The maximum atomic E-state index is 12.3. The SMILES string of the molecule is CCCN1CCN(C(=O)c2ccnc(C(=O)O)c2)CC1. The molecule has 6 heteroatoms. The Morgan fingerprint density at radius 3 is 2.60 bits per heavy atom. The third-order valence-corrected chi connectivity index (χ3v) is 3.43. The van der Waals surface area contributed by atoms with Crippen LogP contribution < -0.4 is 0 Å². The van der Waals surface area contributed by atoms with Crippen LogP contribution in [0.15, 0.2) is 18.3 Å². The molecule has 1 fully saturated rings. The van der Waals surface area contributed by atoms with E-state index < -0.39 is 5.97 Å². The Morgan fingerprint density at radius 1 is 1.30 bits per heavy atom. The normalized spacial score (nSPS) is 16.1. The monoisotopic (exact) mass is 277 g/mol. The van der Waals surface area contributed by atoms with E-state index in [1.165, 1.54) is 12.3 Å². The molecule has 0 unspecified atom stereocenters. The zero-order chi connectivity index (χ0) is 14.5. The Bertz CT molecular complexity index is 496. The smallest absolute Gasteiger partial charge is 0.354 e. The van der Waals surface area contributed by atoms with Gasteiger partial charge in [0.2, 0.25) is 0 Å². The van der Waals surface area contributed by atoms with E-state index in [1.54, 1.807) is 11.0 Å². The molecule has 0 saturated carbocycles. The molecule has 1 aromatic heterocycles. The van der Waals surface area contributed by atoms with Crippen molar-refractivity contribution < 1.29 is 14.7 Å². The number of nitrogens with zero attached hydrogens (tertiary/aromatic N) is 3. The molecule has 0 bridgehead atoms. The molecule has 1 aliphatic rings. The highest BCUT2D eigenvalue weighted by atomic mass is 16.4. The maximum absolute atomic E-state index is 12.3. The van der Waals surface area contributed by atoms with Gasteiger partial charge < -0.3 is 10.0 Å². The van der Waals surface area contributed by atoms with Gasteiger partial charge in [-0.3, -0.25) is 9.69 Å². The summed E-state index contributed by atoms with van der Waals surface area (Å²) in [5.41, 5.74) is 0.293. The number of pyridine rings is 1. The van der Waals surface area contributed by atoms with Gasteiger partial charge in [-0.15, -0.1) is 0 Å². The van der Waals surface area contributed by atoms with Crippen LogP contribution in [0.1, 0.15) is 34.2 Å². The molecule has 6 nitrogen and oxygen atoms in total. The molecule has 108 valence electrons. The van der Waals surface area contributed by atoms with Crippen molar-refractivity contribution in [3.05, 3.63) is 29.6 Å². The first-order valence-corrected chi connectivity index (χ1v) is 6.82. The summed E-state index contributed by atoms with van der Waals surface area (Å²) in [5, 5.41) is 8.90. The molecule has 1 aliphatic heterocycles. The summed E-state index contributed by atoms with van der Waals surface area (Å²) < 4.78 is 0. The Morgan fingerprint density at radius 2 is 2.00 bits per heavy atom. The quantitative estimate of drug-likeness (QED) is 0.887. The van der Waals surface area contributed by atoms with E-state index >= 15 is 0 Å².